The molecule has 0 spiro atoms. The van der Waals surface area contributed by atoms with E-state index in [1.54, 1.807) is 0 Å². The van der Waals surface area contributed by atoms with Gasteiger partial charge in [0, 0.05) is 36.1 Å². The van der Waals surface area contributed by atoms with Crippen LogP contribution in [-0.4, -0.2) is 45.3 Å². The van der Waals surface area contributed by atoms with Crippen LogP contribution in [0.5, 0.6) is 0 Å². The van der Waals surface area contributed by atoms with Crippen molar-refractivity contribution >= 4 is 15.9 Å². The van der Waals surface area contributed by atoms with Gasteiger partial charge in [0.15, 0.2) is 0 Å². The van der Waals surface area contributed by atoms with Gasteiger partial charge in [0.1, 0.15) is 0 Å². The average molecular weight is 327 g/mol. The monoisotopic (exact) mass is 326 g/mol. The van der Waals surface area contributed by atoms with Gasteiger partial charge in [0.2, 0.25) is 0 Å². The summed E-state index contributed by atoms with van der Waals surface area (Å²) in [5, 5.41) is 3.31. The zero-order chi connectivity index (χ0) is 13.7. The van der Waals surface area contributed by atoms with Crippen molar-refractivity contribution in [3.63, 3.8) is 0 Å². The second kappa shape index (κ2) is 6.84. The van der Waals surface area contributed by atoms with Crippen LogP contribution in [0, 0.1) is 5.41 Å². The van der Waals surface area contributed by atoms with Crippen molar-refractivity contribution in [2.75, 3.05) is 40.4 Å². The van der Waals surface area contributed by atoms with Crippen LogP contribution in [0.1, 0.15) is 12.0 Å². The minimum absolute atomic E-state index is 0.273. The first kappa shape index (κ1) is 15.0. The molecule has 4 heteroatoms. The maximum absolute atomic E-state index is 5.61. The van der Waals surface area contributed by atoms with Gasteiger partial charge in [-0.2, -0.15) is 0 Å². The van der Waals surface area contributed by atoms with Gasteiger partial charge in [-0.15, -0.1) is 0 Å². The van der Waals surface area contributed by atoms with E-state index >= 15 is 0 Å². The molecule has 1 saturated heterocycles. The molecule has 0 saturated carbocycles. The minimum atomic E-state index is 0.273. The van der Waals surface area contributed by atoms with Gasteiger partial charge in [0.25, 0.3) is 0 Å². The van der Waals surface area contributed by atoms with Gasteiger partial charge in [-0.1, -0.05) is 28.1 Å². The first-order chi connectivity index (χ1) is 9.13. The van der Waals surface area contributed by atoms with E-state index in [1.807, 2.05) is 7.05 Å². The number of rotatable bonds is 6. The lowest BCUT2D eigenvalue weighted by molar-refractivity contribution is 0.118. The van der Waals surface area contributed by atoms with Gasteiger partial charge in [0.05, 0.1) is 6.61 Å². The van der Waals surface area contributed by atoms with Crippen LogP contribution in [0.4, 0.5) is 0 Å². The van der Waals surface area contributed by atoms with Crippen LogP contribution in [0.3, 0.4) is 0 Å². The molecule has 19 heavy (non-hydrogen) atoms. The molecule has 1 unspecified atom stereocenters. The second-order valence-corrected chi connectivity index (χ2v) is 6.55. The highest BCUT2D eigenvalue weighted by Gasteiger charge is 2.35. The summed E-state index contributed by atoms with van der Waals surface area (Å²) >= 11 is 3.53. The molecule has 1 aliphatic rings. The van der Waals surface area contributed by atoms with Gasteiger partial charge >= 0.3 is 0 Å². The van der Waals surface area contributed by atoms with Crippen molar-refractivity contribution in [2.45, 2.75) is 13.0 Å². The van der Waals surface area contributed by atoms with E-state index in [4.69, 9.17) is 4.74 Å². The quantitative estimate of drug-likeness (QED) is 0.869. The van der Waals surface area contributed by atoms with E-state index in [-0.39, 0.29) is 5.41 Å². The van der Waals surface area contributed by atoms with Gasteiger partial charge in [-0.3, -0.25) is 0 Å². The summed E-state index contributed by atoms with van der Waals surface area (Å²) in [6.45, 7) is 4.84. The van der Waals surface area contributed by atoms with Crippen LogP contribution < -0.4 is 5.32 Å². The van der Waals surface area contributed by atoms with Crippen LogP contribution >= 0.6 is 15.9 Å². The fourth-order valence-electron chi connectivity index (χ4n) is 2.92. The molecular formula is C15H23BrN2O. The summed E-state index contributed by atoms with van der Waals surface area (Å²) in [4.78, 5) is 2.40. The number of ether oxygens (including phenoxy) is 1. The third-order valence-corrected chi connectivity index (χ3v) is 4.18. The molecule has 0 amide bonds. The highest BCUT2D eigenvalue weighted by Crippen LogP contribution is 2.29. The number of hydrogen-bond donors (Lipinski definition) is 1. The summed E-state index contributed by atoms with van der Waals surface area (Å²) in [6, 6.07) is 8.52. The molecule has 0 radical (unpaired) electrons. The lowest BCUT2D eigenvalue weighted by atomic mass is 9.86. The topological polar surface area (TPSA) is 24.5 Å². The maximum Gasteiger partial charge on any atom is 0.0547 e. The normalized spacial score (nSPS) is 23.2. The Balaban J connectivity index is 1.94. The summed E-state index contributed by atoms with van der Waals surface area (Å²) in [6.07, 6.45) is 1.15. The van der Waals surface area contributed by atoms with Gasteiger partial charge in [-0.05, 0) is 38.2 Å². The zero-order valence-corrected chi connectivity index (χ0v) is 13.4. The molecule has 106 valence electrons. The number of hydrogen-bond acceptors (Lipinski definition) is 3. The molecule has 1 N–H and O–H groups in total. The Labute approximate surface area is 124 Å². The van der Waals surface area contributed by atoms with E-state index < -0.39 is 0 Å². The summed E-state index contributed by atoms with van der Waals surface area (Å²) in [7, 11) is 4.21. The van der Waals surface area contributed by atoms with Gasteiger partial charge < -0.3 is 15.0 Å². The Bertz CT molecular complexity index is 405. The molecule has 1 atom stereocenters. The molecule has 0 bridgehead atoms. The molecule has 2 rings (SSSR count). The molecule has 1 heterocycles. The average Bonchev–Trinajstić information content (AvgIpc) is 2.77. The highest BCUT2D eigenvalue weighted by atomic mass is 79.9. The maximum atomic E-state index is 5.61. The van der Waals surface area contributed by atoms with E-state index in [2.05, 4.69) is 57.5 Å². The number of nitrogens with zero attached hydrogens (tertiary/aromatic N) is 1. The van der Waals surface area contributed by atoms with E-state index in [1.165, 1.54) is 5.56 Å². The van der Waals surface area contributed by atoms with Crippen LogP contribution in [0.25, 0.3) is 0 Å². The molecule has 3 nitrogen and oxygen atoms in total. The second-order valence-electron chi connectivity index (χ2n) is 5.64. The predicted molar refractivity (Wildman–Crippen MR) is 82.3 cm³/mol. The minimum Gasteiger partial charge on any atom is -0.381 e. The molecule has 0 aromatic heterocycles. The van der Waals surface area contributed by atoms with Crippen molar-refractivity contribution in [3.05, 3.63) is 34.3 Å². The SMILES string of the molecule is CNCC1(CN(C)Cc2cccc(Br)c2)CCOC1. The molecular weight excluding hydrogens is 304 g/mol. The molecule has 1 fully saturated rings. The van der Waals surface area contributed by atoms with Crippen molar-refractivity contribution in [1.29, 1.82) is 0 Å². The van der Waals surface area contributed by atoms with Gasteiger partial charge in [-0.25, -0.2) is 0 Å². The fourth-order valence-corrected chi connectivity index (χ4v) is 3.37. The van der Waals surface area contributed by atoms with E-state index in [9.17, 15) is 0 Å². The number of nitrogens with one attached hydrogen (secondary N) is 1. The van der Waals surface area contributed by atoms with Crippen LogP contribution in [-0.2, 0) is 11.3 Å². The fraction of sp³-hybridized carbons (Fsp3) is 0.600. The first-order valence-corrected chi connectivity index (χ1v) is 7.58. The smallest absolute Gasteiger partial charge is 0.0547 e. The largest absolute Gasteiger partial charge is 0.381 e. The zero-order valence-electron chi connectivity index (χ0n) is 11.8. The molecule has 1 aromatic rings. The lowest BCUT2D eigenvalue weighted by Gasteiger charge is -2.32. The van der Waals surface area contributed by atoms with Crippen molar-refractivity contribution in [2.24, 2.45) is 5.41 Å². The number of halogens is 1. The Morgan fingerprint density at radius 1 is 1.47 bits per heavy atom. The van der Waals surface area contributed by atoms with Crippen molar-refractivity contribution in [1.82, 2.24) is 10.2 Å². The van der Waals surface area contributed by atoms with Crippen molar-refractivity contribution in [3.8, 4) is 0 Å². The highest BCUT2D eigenvalue weighted by molar-refractivity contribution is 9.10. The number of benzene rings is 1. The first-order valence-electron chi connectivity index (χ1n) is 6.79. The Morgan fingerprint density at radius 3 is 2.95 bits per heavy atom. The van der Waals surface area contributed by atoms with Crippen LogP contribution in [0.2, 0.25) is 0 Å². The third-order valence-electron chi connectivity index (χ3n) is 3.68. The predicted octanol–water partition coefficient (Wildman–Crippen LogP) is 2.51. The Kier molecular flexibility index (Phi) is 5.39. The summed E-state index contributed by atoms with van der Waals surface area (Å²) in [5.41, 5.74) is 1.62. The summed E-state index contributed by atoms with van der Waals surface area (Å²) < 4.78 is 6.75. The Hall–Kier alpha value is -0.420. The molecule has 1 aliphatic heterocycles. The van der Waals surface area contributed by atoms with Crippen LogP contribution in [0.15, 0.2) is 28.7 Å². The standard InChI is InChI=1S/C15H23BrN2O/c1-17-10-15(6-7-19-12-15)11-18(2)9-13-4-3-5-14(16)8-13/h3-5,8,17H,6-7,9-12H2,1-2H3. The van der Waals surface area contributed by atoms with E-state index in [0.29, 0.717) is 0 Å². The molecule has 1 aromatic carbocycles. The summed E-state index contributed by atoms with van der Waals surface area (Å²) in [5.74, 6) is 0. The third kappa shape index (κ3) is 4.28. The Morgan fingerprint density at radius 2 is 2.32 bits per heavy atom. The lowest BCUT2D eigenvalue weighted by Crippen LogP contribution is -2.42. The molecule has 0 aliphatic carbocycles. The van der Waals surface area contributed by atoms with E-state index in [0.717, 1.165) is 43.7 Å². The van der Waals surface area contributed by atoms with Crippen molar-refractivity contribution < 1.29 is 4.74 Å².